The number of aliphatic hydroxyl groups is 2. The van der Waals surface area contributed by atoms with Crippen LogP contribution < -0.4 is 11.4 Å². The smallest absolute Gasteiger partial charge is 0.434 e. The Hall–Kier alpha value is -2.43. The van der Waals surface area contributed by atoms with Gasteiger partial charge in [0.05, 0.1) is 12.2 Å². The molecule has 1 fully saturated rings. The summed E-state index contributed by atoms with van der Waals surface area (Å²) in [6.45, 7) is 9.91. The van der Waals surface area contributed by atoms with Crippen LogP contribution in [0.5, 0.6) is 0 Å². The highest BCUT2D eigenvalue weighted by molar-refractivity contribution is 6.83. The summed E-state index contributed by atoms with van der Waals surface area (Å²) in [7, 11) is -0.180. The first-order valence-electron chi connectivity index (χ1n) is 10.5. The summed E-state index contributed by atoms with van der Waals surface area (Å²) >= 11 is 0. The number of carbonyl (C=O) groups is 1. The molecule has 1 saturated heterocycles. The normalized spacial score (nSPS) is 23.0. The highest BCUT2D eigenvalue weighted by Crippen LogP contribution is 2.29. The lowest BCUT2D eigenvalue weighted by molar-refractivity contribution is -0.0676. The molecule has 0 aliphatic carbocycles. The molecule has 0 aromatic carbocycles. The number of aliphatic hydroxyl groups excluding tert-OH is 2. The molecule has 0 bridgehead atoms. The van der Waals surface area contributed by atoms with Gasteiger partial charge in [0.15, 0.2) is 6.23 Å². The van der Waals surface area contributed by atoms with E-state index in [4.69, 9.17) is 24.7 Å². The van der Waals surface area contributed by atoms with Gasteiger partial charge in [0.1, 0.15) is 45.4 Å². The average molecular weight is 484 g/mol. The topological polar surface area (TPSA) is 155 Å². The van der Waals surface area contributed by atoms with Crippen molar-refractivity contribution in [2.75, 3.05) is 32.7 Å². The van der Waals surface area contributed by atoms with Crippen molar-refractivity contribution in [1.29, 1.82) is 0 Å². The van der Waals surface area contributed by atoms with Crippen LogP contribution in [0.2, 0.25) is 19.6 Å². The van der Waals surface area contributed by atoms with Crippen molar-refractivity contribution < 1.29 is 34.0 Å². The lowest BCUT2D eigenvalue weighted by atomic mass is 9.96. The zero-order valence-corrected chi connectivity index (χ0v) is 20.8. The first-order valence-corrected chi connectivity index (χ1v) is 14.0. The van der Waals surface area contributed by atoms with E-state index in [9.17, 15) is 19.8 Å². The molecule has 1 aromatic rings. The van der Waals surface area contributed by atoms with Crippen molar-refractivity contribution >= 4 is 20.0 Å². The molecule has 4 N–H and O–H groups in total. The molecule has 0 unspecified atom stereocenters. The van der Waals surface area contributed by atoms with E-state index in [2.05, 4.69) is 16.4 Å². The maximum atomic E-state index is 12.4. The fraction of sp³-hybridized carbons (Fsp3) is 0.667. The first kappa shape index (κ1) is 26.8. The van der Waals surface area contributed by atoms with Crippen LogP contribution in [0.4, 0.5) is 10.6 Å². The average Bonchev–Trinajstić information content (AvgIpc) is 2.98. The van der Waals surface area contributed by atoms with E-state index in [0.29, 0.717) is 12.2 Å². The highest BCUT2D eigenvalue weighted by Gasteiger charge is 2.45. The molecule has 1 aliphatic rings. The molecule has 0 amide bonds. The van der Waals surface area contributed by atoms with Gasteiger partial charge in [0.25, 0.3) is 0 Å². The van der Waals surface area contributed by atoms with Gasteiger partial charge in [-0.25, -0.2) is 9.59 Å². The third-order valence-electron chi connectivity index (χ3n) is 4.65. The lowest BCUT2D eigenvalue weighted by Gasteiger charge is -2.23. The minimum atomic E-state index is -1.73. The number of nitrogens with two attached hydrogens (primary N) is 1. The van der Waals surface area contributed by atoms with Crippen molar-refractivity contribution in [2.45, 2.75) is 58.0 Å². The summed E-state index contributed by atoms with van der Waals surface area (Å²) < 4.78 is 21.8. The number of rotatable bonds is 7. The Kier molecular flexibility index (Phi) is 8.67. The minimum absolute atomic E-state index is 0.0333. The molecule has 0 spiro atoms. The molecule has 2 heterocycles. The lowest BCUT2D eigenvalue weighted by Crippen LogP contribution is -2.37. The largest absolute Gasteiger partial charge is 0.508 e. The van der Waals surface area contributed by atoms with Gasteiger partial charge in [-0.1, -0.05) is 39.4 Å². The van der Waals surface area contributed by atoms with Crippen LogP contribution in [0.25, 0.3) is 0 Å². The van der Waals surface area contributed by atoms with Crippen molar-refractivity contribution in [1.82, 2.24) is 9.55 Å². The van der Waals surface area contributed by atoms with E-state index < -0.39 is 56.5 Å². The highest BCUT2D eigenvalue weighted by atomic mass is 28.3. The number of aromatic nitrogens is 2. The summed E-state index contributed by atoms with van der Waals surface area (Å²) in [4.78, 5) is 28.0. The van der Waals surface area contributed by atoms with Gasteiger partial charge in [0, 0.05) is 18.7 Å². The predicted octanol–water partition coefficient (Wildman–Crippen LogP) is 0.499. The molecular weight excluding hydrogens is 450 g/mol. The molecule has 0 radical (unpaired) electrons. The molecule has 1 aromatic heterocycles. The molecular formula is C21H33N3O8Si. The molecule has 11 nitrogen and oxygen atoms in total. The summed E-state index contributed by atoms with van der Waals surface area (Å²) in [5.74, 6) is 2.89. The number of ether oxygens (including phenoxy) is 4. The van der Waals surface area contributed by atoms with Crippen LogP contribution in [-0.4, -0.2) is 79.2 Å². The van der Waals surface area contributed by atoms with Crippen LogP contribution in [0.3, 0.4) is 0 Å². The zero-order chi connectivity index (χ0) is 25.0. The number of nitrogens with zero attached hydrogens (tertiary/aromatic N) is 2. The third-order valence-corrected chi connectivity index (χ3v) is 5.52. The molecule has 0 saturated carbocycles. The second-order valence-corrected chi connectivity index (χ2v) is 14.5. The molecule has 4 atom stereocenters. The Morgan fingerprint density at radius 1 is 1.27 bits per heavy atom. The van der Waals surface area contributed by atoms with E-state index >= 15 is 0 Å². The van der Waals surface area contributed by atoms with Crippen LogP contribution in [-0.2, 0) is 18.9 Å². The molecule has 12 heteroatoms. The Labute approximate surface area is 193 Å². The summed E-state index contributed by atoms with van der Waals surface area (Å²) in [6.07, 6.45) is -4.87. The van der Waals surface area contributed by atoms with Gasteiger partial charge in [-0.3, -0.25) is 4.57 Å². The fourth-order valence-corrected chi connectivity index (χ4v) is 3.50. The first-order chi connectivity index (χ1) is 15.2. The van der Waals surface area contributed by atoms with Gasteiger partial charge in [0.2, 0.25) is 0 Å². The zero-order valence-electron chi connectivity index (χ0n) is 19.8. The van der Waals surface area contributed by atoms with Gasteiger partial charge in [-0.15, -0.1) is 5.54 Å². The summed E-state index contributed by atoms with van der Waals surface area (Å²) in [6, 6.07) is 0. The number of methoxy groups -OCH3 is 1. The van der Waals surface area contributed by atoms with E-state index in [0.717, 1.165) is 4.57 Å². The van der Waals surface area contributed by atoms with Crippen LogP contribution >= 0.6 is 0 Å². The minimum Gasteiger partial charge on any atom is -0.434 e. The molecule has 1 aliphatic heterocycles. The van der Waals surface area contributed by atoms with Gasteiger partial charge in [-0.05, 0) is 0 Å². The van der Waals surface area contributed by atoms with Crippen molar-refractivity contribution in [2.24, 2.45) is 5.41 Å². The van der Waals surface area contributed by atoms with E-state index in [-0.39, 0.29) is 12.4 Å². The quantitative estimate of drug-likeness (QED) is 0.283. The van der Waals surface area contributed by atoms with Crippen molar-refractivity contribution in [3.05, 3.63) is 22.2 Å². The molecule has 184 valence electrons. The Morgan fingerprint density at radius 3 is 2.55 bits per heavy atom. The molecule has 2 rings (SSSR count). The van der Waals surface area contributed by atoms with E-state index in [1.54, 1.807) is 7.11 Å². The van der Waals surface area contributed by atoms with Gasteiger partial charge in [-0.2, -0.15) is 4.98 Å². The van der Waals surface area contributed by atoms with Crippen molar-refractivity contribution in [3.8, 4) is 11.5 Å². The van der Waals surface area contributed by atoms with Crippen LogP contribution in [0.15, 0.2) is 11.0 Å². The predicted molar refractivity (Wildman–Crippen MR) is 122 cm³/mol. The number of anilines is 1. The second kappa shape index (κ2) is 10.7. The van der Waals surface area contributed by atoms with Crippen molar-refractivity contribution in [3.63, 3.8) is 0 Å². The number of nitrogen functional groups attached to an aromatic ring is 1. The Bertz CT molecular complexity index is 963. The maximum Gasteiger partial charge on any atom is 0.508 e. The SMILES string of the molecule is COCC(C)(C)COC(=O)OC[C@H]1O[C@@H](n2cc(C#C[Si](C)(C)C)c(N)nc2=O)[C@H](O)[C@@H]1O. The van der Waals surface area contributed by atoms with Crippen LogP contribution in [0, 0.1) is 16.9 Å². The number of hydrogen-bond acceptors (Lipinski definition) is 10. The maximum absolute atomic E-state index is 12.4. The third kappa shape index (κ3) is 7.55. The standard InChI is InChI=1S/C21H33N3O8Si/c1-21(2,11-29-3)12-31-20(28)30-10-14-15(25)16(26)18(32-14)24-9-13(7-8-33(4,5)6)17(22)23-19(24)27/h9,14-16,18,25-26H,10-12H2,1-6H3,(H2,22,23,27)/t14-,15-,16-,18-/m1/s1. The Balaban J connectivity index is 2.09. The summed E-state index contributed by atoms with van der Waals surface area (Å²) in [5.41, 5.74) is 8.08. The monoisotopic (exact) mass is 483 g/mol. The molecule has 33 heavy (non-hydrogen) atoms. The fourth-order valence-electron chi connectivity index (χ4n) is 2.99. The van der Waals surface area contributed by atoms with Crippen LogP contribution in [0.1, 0.15) is 25.6 Å². The number of carbonyl (C=O) groups excluding carboxylic acids is 1. The number of hydrogen-bond donors (Lipinski definition) is 3. The van der Waals surface area contributed by atoms with E-state index in [1.165, 1.54) is 6.20 Å². The van der Waals surface area contributed by atoms with Gasteiger partial charge < -0.3 is 34.9 Å². The van der Waals surface area contributed by atoms with Gasteiger partial charge >= 0.3 is 11.8 Å². The Morgan fingerprint density at radius 2 is 1.94 bits per heavy atom. The second-order valence-electron chi connectivity index (χ2n) is 9.72. The summed E-state index contributed by atoms with van der Waals surface area (Å²) in [5, 5.41) is 20.8. The van der Waals surface area contributed by atoms with E-state index in [1.807, 2.05) is 33.5 Å².